The Morgan fingerprint density at radius 1 is 1.12 bits per heavy atom. The third-order valence-electron chi connectivity index (χ3n) is 5.09. The number of fused-ring (bicyclic) bond motifs is 1. The van der Waals surface area contributed by atoms with Gasteiger partial charge in [0, 0.05) is 24.0 Å². The van der Waals surface area contributed by atoms with Crippen LogP contribution >= 0.6 is 0 Å². The van der Waals surface area contributed by atoms with E-state index in [9.17, 15) is 8.42 Å². The van der Waals surface area contributed by atoms with Crippen LogP contribution in [0.25, 0.3) is 10.9 Å². The van der Waals surface area contributed by atoms with Gasteiger partial charge in [0.15, 0.2) is 0 Å². The summed E-state index contributed by atoms with van der Waals surface area (Å²) in [6.07, 6.45) is 9.92. The first-order valence-corrected chi connectivity index (χ1v) is 9.79. The number of sulfonamides is 1. The second-order valence-corrected chi connectivity index (χ2v) is 8.40. The summed E-state index contributed by atoms with van der Waals surface area (Å²) in [6.45, 7) is 2.13. The topological polar surface area (TPSA) is 79.2 Å². The molecule has 1 unspecified atom stereocenters. The Hall–Kier alpha value is -2.05. The minimum Gasteiger partial charge on any atom is -0.358 e. The predicted octanol–water partition coefficient (Wildman–Crippen LogP) is 2.77. The van der Waals surface area contributed by atoms with Gasteiger partial charge in [-0.25, -0.2) is 13.6 Å². The number of hydrogen-bond acceptors (Lipinski definition) is 3. The van der Waals surface area contributed by atoms with Crippen LogP contribution in [0.4, 0.5) is 5.82 Å². The average molecular weight is 343 g/mol. The van der Waals surface area contributed by atoms with Crippen LogP contribution < -0.4 is 10.0 Å². The number of hydrogen-bond donors (Lipinski definition) is 2. The summed E-state index contributed by atoms with van der Waals surface area (Å²) >= 11 is 0. The van der Waals surface area contributed by atoms with E-state index in [0.29, 0.717) is 12.0 Å². The van der Waals surface area contributed by atoms with Crippen molar-refractivity contribution in [3.8, 4) is 0 Å². The summed E-state index contributed by atoms with van der Waals surface area (Å²) in [6, 6.07) is 7.89. The smallest absolute Gasteiger partial charge is 0.223 e. The Kier molecular flexibility index (Phi) is 3.54. The molecule has 5 nitrogen and oxygen atoms in total. The van der Waals surface area contributed by atoms with Crippen molar-refractivity contribution in [3.63, 3.8) is 0 Å². The van der Waals surface area contributed by atoms with Gasteiger partial charge in [-0.05, 0) is 37.0 Å². The average Bonchev–Trinajstić information content (AvgIpc) is 3.23. The van der Waals surface area contributed by atoms with Gasteiger partial charge in [0.2, 0.25) is 10.0 Å². The van der Waals surface area contributed by atoms with Gasteiger partial charge in [-0.15, -0.1) is 0 Å². The Balaban J connectivity index is 1.81. The van der Waals surface area contributed by atoms with Crippen molar-refractivity contribution in [2.75, 3.05) is 18.0 Å². The number of nitrogens with zero attached hydrogens (tertiary/aromatic N) is 1. The van der Waals surface area contributed by atoms with E-state index >= 15 is 0 Å². The van der Waals surface area contributed by atoms with E-state index in [4.69, 9.17) is 5.14 Å². The van der Waals surface area contributed by atoms with E-state index in [1.54, 1.807) is 12.2 Å². The molecule has 0 spiro atoms. The van der Waals surface area contributed by atoms with Crippen LogP contribution in [-0.4, -0.2) is 26.5 Å². The van der Waals surface area contributed by atoms with Crippen molar-refractivity contribution in [2.45, 2.75) is 24.0 Å². The van der Waals surface area contributed by atoms with Crippen LogP contribution in [0.15, 0.2) is 48.6 Å². The van der Waals surface area contributed by atoms with Gasteiger partial charge in [-0.1, -0.05) is 36.4 Å². The molecule has 1 aliphatic carbocycles. The maximum Gasteiger partial charge on any atom is 0.223 e. The molecule has 2 heterocycles. The van der Waals surface area contributed by atoms with Gasteiger partial charge in [0.25, 0.3) is 0 Å². The monoisotopic (exact) mass is 343 g/mol. The number of H-pyrrole nitrogens is 1. The minimum absolute atomic E-state index is 0.355. The number of allylic oxidation sites excluding steroid dienone is 3. The van der Waals surface area contributed by atoms with E-state index in [1.807, 2.05) is 30.4 Å². The molecule has 6 heteroatoms. The Morgan fingerprint density at radius 3 is 2.58 bits per heavy atom. The van der Waals surface area contributed by atoms with Crippen LogP contribution in [-0.2, 0) is 14.8 Å². The van der Waals surface area contributed by atoms with E-state index < -0.39 is 14.8 Å². The third kappa shape index (κ3) is 2.37. The molecular weight excluding hydrogens is 322 g/mol. The van der Waals surface area contributed by atoms with E-state index in [2.05, 4.69) is 16.0 Å². The molecule has 1 atom stereocenters. The number of nitrogens with two attached hydrogens (primary N) is 1. The highest BCUT2D eigenvalue weighted by atomic mass is 32.2. The molecule has 0 amide bonds. The number of anilines is 1. The van der Waals surface area contributed by atoms with Crippen LogP contribution in [0, 0.1) is 0 Å². The number of primary sulfonamides is 1. The van der Waals surface area contributed by atoms with Crippen molar-refractivity contribution >= 4 is 26.7 Å². The lowest BCUT2D eigenvalue weighted by molar-refractivity contribution is 0.559. The molecule has 1 fully saturated rings. The maximum absolute atomic E-state index is 12.3. The highest BCUT2D eigenvalue weighted by Gasteiger charge is 2.41. The van der Waals surface area contributed by atoms with Gasteiger partial charge < -0.3 is 9.88 Å². The SMILES string of the molecule is NS(=O)(=O)C1(c2ccc3cc(N4CCCC4)[nH]c3c2)C=CC=CC1. The molecule has 1 aromatic heterocycles. The van der Waals surface area contributed by atoms with Crippen LogP contribution in [0.2, 0.25) is 0 Å². The number of aromatic nitrogens is 1. The van der Waals surface area contributed by atoms with Crippen LogP contribution in [0.5, 0.6) is 0 Å². The summed E-state index contributed by atoms with van der Waals surface area (Å²) in [5.41, 5.74) is 1.65. The largest absolute Gasteiger partial charge is 0.358 e. The number of nitrogens with one attached hydrogen (secondary N) is 1. The number of benzene rings is 1. The highest BCUT2D eigenvalue weighted by molar-refractivity contribution is 7.90. The van der Waals surface area contributed by atoms with Crippen LogP contribution in [0.3, 0.4) is 0 Å². The second-order valence-electron chi connectivity index (χ2n) is 6.58. The first-order chi connectivity index (χ1) is 11.5. The summed E-state index contributed by atoms with van der Waals surface area (Å²) in [5, 5.41) is 6.68. The molecule has 0 radical (unpaired) electrons. The van der Waals surface area contributed by atoms with Gasteiger partial charge in [-0.3, -0.25) is 0 Å². The summed E-state index contributed by atoms with van der Waals surface area (Å²) in [5.74, 6) is 1.10. The summed E-state index contributed by atoms with van der Waals surface area (Å²) in [7, 11) is -3.78. The van der Waals surface area contributed by atoms with Crippen molar-refractivity contribution in [3.05, 3.63) is 54.1 Å². The van der Waals surface area contributed by atoms with Gasteiger partial charge in [0.1, 0.15) is 10.6 Å². The Labute approximate surface area is 141 Å². The zero-order valence-electron chi connectivity index (χ0n) is 13.4. The predicted molar refractivity (Wildman–Crippen MR) is 97.4 cm³/mol. The quantitative estimate of drug-likeness (QED) is 0.899. The zero-order valence-corrected chi connectivity index (χ0v) is 14.2. The molecule has 3 N–H and O–H groups in total. The summed E-state index contributed by atoms with van der Waals surface area (Å²) in [4.78, 5) is 5.77. The van der Waals surface area contributed by atoms with Crippen molar-refractivity contribution in [2.24, 2.45) is 5.14 Å². The molecule has 1 aliphatic heterocycles. The van der Waals surface area contributed by atoms with Crippen molar-refractivity contribution in [1.29, 1.82) is 0 Å². The lowest BCUT2D eigenvalue weighted by atomic mass is 9.91. The standard InChI is InChI=1S/C18H21N3O2S/c19-24(22,23)18(8-2-1-3-9-18)15-7-6-14-12-17(20-16(14)13-15)21-10-4-5-11-21/h1-3,6-8,12-13,20H,4-5,9-11H2,(H2,19,22,23). The molecular formula is C18H21N3O2S. The first kappa shape index (κ1) is 15.5. The number of aromatic amines is 1. The highest BCUT2D eigenvalue weighted by Crippen LogP contribution is 2.38. The molecule has 4 rings (SSSR count). The molecule has 2 aromatic rings. The van der Waals surface area contributed by atoms with E-state index in [-0.39, 0.29) is 0 Å². The summed E-state index contributed by atoms with van der Waals surface area (Å²) < 4.78 is 23.5. The van der Waals surface area contributed by atoms with Gasteiger partial charge >= 0.3 is 0 Å². The normalized spacial score (nSPS) is 24.1. The van der Waals surface area contributed by atoms with Crippen LogP contribution in [0.1, 0.15) is 24.8 Å². The Bertz CT molecular complexity index is 936. The molecule has 24 heavy (non-hydrogen) atoms. The fraction of sp³-hybridized carbons (Fsp3) is 0.333. The van der Waals surface area contributed by atoms with Gasteiger partial charge in [-0.2, -0.15) is 0 Å². The fourth-order valence-corrected chi connectivity index (χ4v) is 4.75. The lowest BCUT2D eigenvalue weighted by Crippen LogP contribution is -2.39. The van der Waals surface area contributed by atoms with Crippen molar-refractivity contribution in [1.82, 2.24) is 4.98 Å². The maximum atomic E-state index is 12.3. The second kappa shape index (κ2) is 5.50. The molecule has 1 saturated heterocycles. The minimum atomic E-state index is -3.78. The van der Waals surface area contributed by atoms with Gasteiger partial charge in [0.05, 0.1) is 0 Å². The molecule has 0 bridgehead atoms. The fourth-order valence-electron chi connectivity index (χ4n) is 3.69. The molecule has 0 saturated carbocycles. The zero-order chi connectivity index (χ0) is 16.8. The van der Waals surface area contributed by atoms with E-state index in [1.165, 1.54) is 12.8 Å². The molecule has 126 valence electrons. The Morgan fingerprint density at radius 2 is 1.92 bits per heavy atom. The lowest BCUT2D eigenvalue weighted by Gasteiger charge is -2.29. The van der Waals surface area contributed by atoms with E-state index in [0.717, 1.165) is 29.8 Å². The number of rotatable bonds is 3. The molecule has 2 aliphatic rings. The third-order valence-corrected chi connectivity index (χ3v) is 6.64. The molecule has 1 aromatic carbocycles. The first-order valence-electron chi connectivity index (χ1n) is 8.25. The van der Waals surface area contributed by atoms with Crippen molar-refractivity contribution < 1.29 is 8.42 Å².